The van der Waals surface area contributed by atoms with Gasteiger partial charge >= 0.3 is 6.18 Å². The van der Waals surface area contributed by atoms with Crippen molar-refractivity contribution in [2.45, 2.75) is 6.18 Å². The summed E-state index contributed by atoms with van der Waals surface area (Å²) in [6.07, 6.45) is -2.22. The van der Waals surface area contributed by atoms with Gasteiger partial charge in [-0.15, -0.1) is 0 Å². The highest BCUT2D eigenvalue weighted by Crippen LogP contribution is 2.31. The Morgan fingerprint density at radius 3 is 1.91 bits per heavy atom. The van der Waals surface area contributed by atoms with E-state index in [9.17, 15) is 13.2 Å². The number of alkyl halides is 3. The Morgan fingerprint density at radius 1 is 0.870 bits per heavy atom. The molecule has 0 amide bonds. The van der Waals surface area contributed by atoms with Gasteiger partial charge in [0.1, 0.15) is 0 Å². The van der Waals surface area contributed by atoms with E-state index in [1.807, 2.05) is 24.3 Å². The van der Waals surface area contributed by atoms with Crippen LogP contribution in [0.2, 0.25) is 0 Å². The van der Waals surface area contributed by atoms with Crippen molar-refractivity contribution in [1.82, 2.24) is 5.32 Å². The lowest BCUT2D eigenvalue weighted by atomic mass is 10.0. The molecule has 0 aliphatic carbocycles. The van der Waals surface area contributed by atoms with Gasteiger partial charge < -0.3 is 5.32 Å². The van der Waals surface area contributed by atoms with E-state index in [2.05, 4.69) is 18.0 Å². The highest BCUT2D eigenvalue weighted by molar-refractivity contribution is 5.67. The standard InChI is InChI=1S/C19H16F3N/c1-13-11-23-12-17(13)10-14-2-4-15(5-3-14)16-6-8-18(9-7-16)19(20,21)22/h2-10,23H,1,11-12H2. The van der Waals surface area contributed by atoms with Gasteiger partial charge in [0.05, 0.1) is 5.56 Å². The summed E-state index contributed by atoms with van der Waals surface area (Å²) in [5.41, 5.74) is 4.37. The van der Waals surface area contributed by atoms with E-state index in [-0.39, 0.29) is 0 Å². The summed E-state index contributed by atoms with van der Waals surface area (Å²) in [6, 6.07) is 13.0. The van der Waals surface area contributed by atoms with Gasteiger partial charge in [-0.1, -0.05) is 49.1 Å². The summed E-state index contributed by atoms with van der Waals surface area (Å²) in [5.74, 6) is 0. The van der Waals surface area contributed by atoms with Crippen molar-refractivity contribution < 1.29 is 13.2 Å². The van der Waals surface area contributed by atoms with E-state index in [0.29, 0.717) is 0 Å². The quantitative estimate of drug-likeness (QED) is 0.830. The summed E-state index contributed by atoms with van der Waals surface area (Å²) in [7, 11) is 0. The third-order valence-corrected chi connectivity index (χ3v) is 3.91. The van der Waals surface area contributed by atoms with Gasteiger partial charge in [0.25, 0.3) is 0 Å². The highest BCUT2D eigenvalue weighted by atomic mass is 19.4. The van der Waals surface area contributed by atoms with Gasteiger partial charge in [0, 0.05) is 13.1 Å². The van der Waals surface area contributed by atoms with Crippen LogP contribution in [0.25, 0.3) is 17.2 Å². The average molecular weight is 315 g/mol. The summed E-state index contributed by atoms with van der Waals surface area (Å²) in [4.78, 5) is 0. The molecule has 0 saturated carbocycles. The van der Waals surface area contributed by atoms with Crippen molar-refractivity contribution in [1.29, 1.82) is 0 Å². The molecule has 2 aromatic carbocycles. The molecular formula is C19H16F3N. The second-order valence-corrected chi connectivity index (χ2v) is 5.57. The molecule has 1 saturated heterocycles. The van der Waals surface area contributed by atoms with Crippen LogP contribution in [0.1, 0.15) is 11.1 Å². The first kappa shape index (κ1) is 15.6. The summed E-state index contributed by atoms with van der Waals surface area (Å²) in [6.45, 7) is 5.64. The minimum atomic E-state index is -4.30. The number of hydrogen-bond donors (Lipinski definition) is 1. The predicted molar refractivity (Wildman–Crippen MR) is 86.9 cm³/mol. The van der Waals surface area contributed by atoms with Crippen LogP contribution < -0.4 is 5.32 Å². The van der Waals surface area contributed by atoms with Gasteiger partial charge in [0.15, 0.2) is 0 Å². The molecule has 4 heteroatoms. The predicted octanol–water partition coefficient (Wildman–Crippen LogP) is 4.92. The fourth-order valence-electron chi connectivity index (χ4n) is 2.56. The van der Waals surface area contributed by atoms with Crippen molar-refractivity contribution in [3.63, 3.8) is 0 Å². The SMILES string of the molecule is C=C1CNCC1=Cc1ccc(-c2ccc(C(F)(F)F)cc2)cc1. The van der Waals surface area contributed by atoms with Gasteiger partial charge in [0.2, 0.25) is 0 Å². The number of nitrogens with one attached hydrogen (secondary N) is 1. The number of benzene rings is 2. The molecule has 0 aromatic heterocycles. The van der Waals surface area contributed by atoms with Gasteiger partial charge in [-0.3, -0.25) is 0 Å². The summed E-state index contributed by atoms with van der Waals surface area (Å²) in [5, 5.41) is 3.24. The van der Waals surface area contributed by atoms with Crippen LogP contribution in [0, 0.1) is 0 Å². The molecular weight excluding hydrogens is 299 g/mol. The Kier molecular flexibility index (Phi) is 4.09. The Labute approximate surface area is 133 Å². The highest BCUT2D eigenvalue weighted by Gasteiger charge is 2.29. The van der Waals surface area contributed by atoms with E-state index in [1.165, 1.54) is 17.7 Å². The van der Waals surface area contributed by atoms with E-state index in [4.69, 9.17) is 0 Å². The topological polar surface area (TPSA) is 12.0 Å². The molecule has 2 aromatic rings. The molecule has 1 nitrogen and oxygen atoms in total. The fourth-order valence-corrected chi connectivity index (χ4v) is 2.56. The van der Waals surface area contributed by atoms with Crippen molar-refractivity contribution >= 4 is 6.08 Å². The molecule has 3 rings (SSSR count). The Hall–Kier alpha value is -2.33. The zero-order chi connectivity index (χ0) is 16.4. The average Bonchev–Trinajstić information content (AvgIpc) is 2.93. The second-order valence-electron chi connectivity index (χ2n) is 5.57. The van der Waals surface area contributed by atoms with E-state index in [0.717, 1.165) is 47.5 Å². The molecule has 0 bridgehead atoms. The first-order chi connectivity index (χ1) is 10.9. The molecule has 1 N–H and O–H groups in total. The van der Waals surface area contributed by atoms with E-state index < -0.39 is 11.7 Å². The lowest BCUT2D eigenvalue weighted by molar-refractivity contribution is -0.137. The zero-order valence-corrected chi connectivity index (χ0v) is 12.5. The first-order valence-electron chi connectivity index (χ1n) is 7.30. The molecule has 0 atom stereocenters. The van der Waals surface area contributed by atoms with Crippen LogP contribution in [0.3, 0.4) is 0 Å². The third-order valence-electron chi connectivity index (χ3n) is 3.91. The van der Waals surface area contributed by atoms with Gasteiger partial charge in [-0.25, -0.2) is 0 Å². The second kappa shape index (κ2) is 6.05. The van der Waals surface area contributed by atoms with Crippen LogP contribution in [0.15, 0.2) is 66.3 Å². The molecule has 0 radical (unpaired) electrons. The molecule has 1 heterocycles. The van der Waals surface area contributed by atoms with Gasteiger partial charge in [-0.05, 0) is 40.0 Å². The Morgan fingerprint density at radius 2 is 1.43 bits per heavy atom. The smallest absolute Gasteiger partial charge is 0.309 e. The van der Waals surface area contributed by atoms with Gasteiger partial charge in [-0.2, -0.15) is 13.2 Å². The largest absolute Gasteiger partial charge is 0.416 e. The molecule has 0 unspecified atom stereocenters. The van der Waals surface area contributed by atoms with Crippen LogP contribution in [-0.4, -0.2) is 13.1 Å². The summed E-state index contributed by atoms with van der Waals surface area (Å²) < 4.78 is 37.7. The molecule has 1 aliphatic heterocycles. The number of rotatable bonds is 2. The monoisotopic (exact) mass is 315 g/mol. The fraction of sp³-hybridized carbons (Fsp3) is 0.158. The van der Waals surface area contributed by atoms with Crippen molar-refractivity contribution in [2.24, 2.45) is 0 Å². The lowest BCUT2D eigenvalue weighted by Gasteiger charge is -2.08. The maximum Gasteiger partial charge on any atom is 0.416 e. The number of hydrogen-bond acceptors (Lipinski definition) is 1. The minimum Gasteiger partial charge on any atom is -0.309 e. The normalized spacial score (nSPS) is 17.0. The van der Waals surface area contributed by atoms with E-state index in [1.54, 1.807) is 0 Å². The third kappa shape index (κ3) is 3.54. The van der Waals surface area contributed by atoms with Crippen LogP contribution in [0.4, 0.5) is 13.2 Å². The van der Waals surface area contributed by atoms with Crippen LogP contribution in [0.5, 0.6) is 0 Å². The van der Waals surface area contributed by atoms with Crippen LogP contribution in [-0.2, 0) is 6.18 Å². The Balaban J connectivity index is 1.81. The maximum absolute atomic E-state index is 12.6. The Bertz CT molecular complexity index is 738. The lowest BCUT2D eigenvalue weighted by Crippen LogP contribution is -2.04. The molecule has 1 aliphatic rings. The first-order valence-corrected chi connectivity index (χ1v) is 7.30. The maximum atomic E-state index is 12.6. The van der Waals surface area contributed by atoms with Crippen LogP contribution >= 0.6 is 0 Å². The minimum absolute atomic E-state index is 0.630. The van der Waals surface area contributed by atoms with Crippen molar-refractivity contribution in [3.8, 4) is 11.1 Å². The molecule has 23 heavy (non-hydrogen) atoms. The number of halogens is 3. The zero-order valence-electron chi connectivity index (χ0n) is 12.5. The van der Waals surface area contributed by atoms with Crippen molar-refractivity contribution in [3.05, 3.63) is 77.4 Å². The molecule has 118 valence electrons. The molecule has 1 fully saturated rings. The summed E-state index contributed by atoms with van der Waals surface area (Å²) >= 11 is 0. The van der Waals surface area contributed by atoms with E-state index >= 15 is 0 Å². The molecule has 0 spiro atoms. The van der Waals surface area contributed by atoms with Crippen molar-refractivity contribution in [2.75, 3.05) is 13.1 Å².